The van der Waals surface area contributed by atoms with Crippen LogP contribution in [0.3, 0.4) is 0 Å². The fourth-order valence-corrected chi connectivity index (χ4v) is 5.13. The highest BCUT2D eigenvalue weighted by atomic mass is 79.9. The van der Waals surface area contributed by atoms with Gasteiger partial charge in [0, 0.05) is 5.56 Å². The largest absolute Gasteiger partial charge is 0.494 e. The molecule has 1 unspecified atom stereocenters. The molecule has 0 spiro atoms. The average molecular weight is 433 g/mol. The van der Waals surface area contributed by atoms with Gasteiger partial charge in [0.15, 0.2) is 0 Å². The molecule has 0 saturated carbocycles. The third kappa shape index (κ3) is 4.31. The number of ether oxygens (including phenoxy) is 1. The molecule has 0 aliphatic rings. The number of hydrogen-bond acceptors (Lipinski definition) is 3. The van der Waals surface area contributed by atoms with Gasteiger partial charge >= 0.3 is 0 Å². The van der Waals surface area contributed by atoms with Crippen LogP contribution in [-0.4, -0.2) is 13.2 Å². The smallest absolute Gasteiger partial charge is 0.124 e. The third-order valence-electron chi connectivity index (χ3n) is 3.12. The summed E-state index contributed by atoms with van der Waals surface area (Å²) in [6.45, 7) is 5.83. The van der Waals surface area contributed by atoms with E-state index in [1.807, 2.05) is 19.1 Å². The van der Waals surface area contributed by atoms with Crippen molar-refractivity contribution >= 4 is 43.2 Å². The maximum absolute atomic E-state index is 5.80. The lowest BCUT2D eigenvalue weighted by Crippen LogP contribution is -2.23. The minimum atomic E-state index is 0.129. The minimum absolute atomic E-state index is 0.129. The quantitative estimate of drug-likeness (QED) is 0.600. The highest BCUT2D eigenvalue weighted by Gasteiger charge is 2.21. The lowest BCUT2D eigenvalue weighted by atomic mass is 10.00. The van der Waals surface area contributed by atoms with Crippen LogP contribution in [0.2, 0.25) is 0 Å². The van der Waals surface area contributed by atoms with Gasteiger partial charge in [-0.2, -0.15) is 0 Å². The predicted octanol–water partition coefficient (Wildman–Crippen LogP) is 5.76. The molecule has 1 aromatic heterocycles. The Kier molecular flexibility index (Phi) is 6.74. The standard InChI is InChI=1S/C16H19Br2NOS/c1-3-9-19-15(12-10-14(17)21-16(12)18)11-7-5-6-8-13(11)20-4-2/h5-8,10,15,19H,3-4,9H2,1-2H3. The van der Waals surface area contributed by atoms with Crippen LogP contribution in [0.25, 0.3) is 0 Å². The van der Waals surface area contributed by atoms with Crippen LogP contribution >= 0.6 is 43.2 Å². The SMILES string of the molecule is CCCNC(c1ccccc1OCC)c1cc(Br)sc1Br. The molecule has 0 aliphatic carbocycles. The maximum Gasteiger partial charge on any atom is 0.124 e. The van der Waals surface area contributed by atoms with Crippen LogP contribution in [0.4, 0.5) is 0 Å². The van der Waals surface area contributed by atoms with Crippen molar-refractivity contribution in [2.24, 2.45) is 0 Å². The van der Waals surface area contributed by atoms with E-state index in [0.29, 0.717) is 6.61 Å². The molecular formula is C16H19Br2NOS. The second kappa shape index (κ2) is 8.32. The Bertz CT molecular complexity index is 585. The van der Waals surface area contributed by atoms with E-state index >= 15 is 0 Å². The van der Waals surface area contributed by atoms with E-state index in [1.54, 1.807) is 11.3 Å². The van der Waals surface area contributed by atoms with Gasteiger partial charge in [0.05, 0.1) is 20.2 Å². The molecule has 1 atom stereocenters. The molecule has 1 aromatic carbocycles. The zero-order valence-corrected chi connectivity index (χ0v) is 16.1. The number of thiophene rings is 1. The fourth-order valence-electron chi connectivity index (χ4n) is 2.23. The predicted molar refractivity (Wildman–Crippen MR) is 97.5 cm³/mol. The van der Waals surface area contributed by atoms with E-state index in [9.17, 15) is 0 Å². The van der Waals surface area contributed by atoms with Crippen LogP contribution in [0, 0.1) is 0 Å². The minimum Gasteiger partial charge on any atom is -0.494 e. The summed E-state index contributed by atoms with van der Waals surface area (Å²) in [5.41, 5.74) is 2.42. The Labute approximate surface area is 147 Å². The van der Waals surface area contributed by atoms with Gasteiger partial charge in [0.25, 0.3) is 0 Å². The molecule has 0 amide bonds. The lowest BCUT2D eigenvalue weighted by Gasteiger charge is -2.21. The van der Waals surface area contributed by atoms with Crippen LogP contribution in [0.5, 0.6) is 5.75 Å². The molecule has 0 aliphatic heterocycles. The molecule has 114 valence electrons. The Balaban J connectivity index is 2.43. The average Bonchev–Trinajstić information content (AvgIpc) is 2.80. The van der Waals surface area contributed by atoms with Crippen molar-refractivity contribution in [3.8, 4) is 5.75 Å². The molecule has 21 heavy (non-hydrogen) atoms. The molecule has 2 aromatic rings. The van der Waals surface area contributed by atoms with Gasteiger partial charge in [-0.25, -0.2) is 0 Å². The molecule has 0 radical (unpaired) electrons. The maximum atomic E-state index is 5.80. The van der Waals surface area contributed by atoms with Crippen LogP contribution < -0.4 is 10.1 Å². The number of hydrogen-bond donors (Lipinski definition) is 1. The van der Waals surface area contributed by atoms with Gasteiger partial charge < -0.3 is 10.1 Å². The second-order valence-electron chi connectivity index (χ2n) is 4.64. The number of halogens is 2. The number of nitrogens with one attached hydrogen (secondary N) is 1. The van der Waals surface area contributed by atoms with Crippen molar-refractivity contribution in [2.75, 3.05) is 13.2 Å². The van der Waals surface area contributed by atoms with E-state index in [4.69, 9.17) is 4.74 Å². The number of benzene rings is 1. The summed E-state index contributed by atoms with van der Waals surface area (Å²) in [6, 6.07) is 10.6. The number of para-hydroxylation sites is 1. The van der Waals surface area contributed by atoms with Gasteiger partial charge in [-0.05, 0) is 69.4 Å². The first-order valence-corrected chi connectivity index (χ1v) is 9.47. The van der Waals surface area contributed by atoms with Crippen LogP contribution in [0.1, 0.15) is 37.4 Å². The van der Waals surface area contributed by atoms with Gasteiger partial charge in [0.1, 0.15) is 5.75 Å². The summed E-state index contributed by atoms with van der Waals surface area (Å²) in [5.74, 6) is 0.947. The van der Waals surface area contributed by atoms with E-state index in [-0.39, 0.29) is 6.04 Å². The highest BCUT2D eigenvalue weighted by Crippen LogP contribution is 2.40. The first-order chi connectivity index (χ1) is 10.2. The number of rotatable bonds is 7. The van der Waals surface area contributed by atoms with Gasteiger partial charge in [-0.1, -0.05) is 25.1 Å². The molecule has 0 bridgehead atoms. The summed E-state index contributed by atoms with van der Waals surface area (Å²) >= 11 is 8.95. The van der Waals surface area contributed by atoms with E-state index < -0.39 is 0 Å². The summed E-state index contributed by atoms with van der Waals surface area (Å²) in [7, 11) is 0. The molecule has 0 saturated heterocycles. The summed E-state index contributed by atoms with van der Waals surface area (Å²) in [6.07, 6.45) is 1.09. The summed E-state index contributed by atoms with van der Waals surface area (Å²) < 4.78 is 8.08. The highest BCUT2D eigenvalue weighted by molar-refractivity contribution is 9.12. The van der Waals surface area contributed by atoms with Crippen LogP contribution in [0.15, 0.2) is 37.9 Å². The van der Waals surface area contributed by atoms with E-state index in [2.05, 4.69) is 62.3 Å². The van der Waals surface area contributed by atoms with Crippen molar-refractivity contribution in [3.05, 3.63) is 49.0 Å². The van der Waals surface area contributed by atoms with Crippen molar-refractivity contribution < 1.29 is 4.74 Å². The Morgan fingerprint density at radius 1 is 1.19 bits per heavy atom. The fraction of sp³-hybridized carbons (Fsp3) is 0.375. The zero-order chi connectivity index (χ0) is 15.2. The van der Waals surface area contributed by atoms with Crippen molar-refractivity contribution in [3.63, 3.8) is 0 Å². The molecule has 0 fully saturated rings. The molecule has 2 nitrogen and oxygen atoms in total. The van der Waals surface area contributed by atoms with Crippen molar-refractivity contribution in [2.45, 2.75) is 26.3 Å². The Morgan fingerprint density at radius 3 is 2.57 bits per heavy atom. The lowest BCUT2D eigenvalue weighted by molar-refractivity contribution is 0.333. The van der Waals surface area contributed by atoms with Crippen molar-refractivity contribution in [1.82, 2.24) is 5.32 Å². The van der Waals surface area contributed by atoms with Gasteiger partial charge in [-0.3, -0.25) is 0 Å². The summed E-state index contributed by atoms with van der Waals surface area (Å²) in [4.78, 5) is 0. The van der Waals surface area contributed by atoms with E-state index in [0.717, 1.165) is 26.3 Å². The van der Waals surface area contributed by atoms with Crippen LogP contribution in [-0.2, 0) is 0 Å². The molecule has 1 N–H and O–H groups in total. The molecule has 1 heterocycles. The van der Waals surface area contributed by atoms with Crippen molar-refractivity contribution in [1.29, 1.82) is 0 Å². The first-order valence-electron chi connectivity index (χ1n) is 7.07. The van der Waals surface area contributed by atoms with Gasteiger partial charge in [0.2, 0.25) is 0 Å². The molecular weight excluding hydrogens is 414 g/mol. The Hall–Kier alpha value is -0.360. The third-order valence-corrected chi connectivity index (χ3v) is 5.51. The summed E-state index contributed by atoms with van der Waals surface area (Å²) in [5, 5.41) is 3.63. The van der Waals surface area contributed by atoms with E-state index in [1.165, 1.54) is 11.1 Å². The Morgan fingerprint density at radius 2 is 1.95 bits per heavy atom. The molecule has 5 heteroatoms. The monoisotopic (exact) mass is 431 g/mol. The zero-order valence-electron chi connectivity index (χ0n) is 12.2. The first kappa shape index (κ1) is 17.0. The second-order valence-corrected chi connectivity index (χ2v) is 8.39. The van der Waals surface area contributed by atoms with Gasteiger partial charge in [-0.15, -0.1) is 11.3 Å². The topological polar surface area (TPSA) is 21.3 Å². The normalized spacial score (nSPS) is 12.4. The molecule has 2 rings (SSSR count).